The topological polar surface area (TPSA) is 12.4 Å². The molecule has 0 N–H and O–H groups in total. The number of hydrogen-bond donors (Lipinski definition) is 0. The van der Waals surface area contributed by atoms with E-state index in [0.717, 1.165) is 11.6 Å². The van der Waals surface area contributed by atoms with E-state index in [2.05, 4.69) is 38.1 Å². The quantitative estimate of drug-likeness (QED) is 0.636. The van der Waals surface area contributed by atoms with E-state index in [4.69, 9.17) is 4.99 Å². The maximum atomic E-state index is 4.80. The lowest BCUT2D eigenvalue weighted by Crippen LogP contribution is -2.14. The first kappa shape index (κ1) is 11.4. The van der Waals surface area contributed by atoms with Gasteiger partial charge < -0.3 is 0 Å². The van der Waals surface area contributed by atoms with Gasteiger partial charge in [-0.05, 0) is 44.2 Å². The summed E-state index contributed by atoms with van der Waals surface area (Å²) in [5.74, 6) is 0.730. The Morgan fingerprint density at radius 2 is 1.81 bits per heavy atom. The van der Waals surface area contributed by atoms with Gasteiger partial charge in [0, 0.05) is 5.71 Å². The molecule has 1 aliphatic rings. The van der Waals surface area contributed by atoms with Crippen LogP contribution in [0.2, 0.25) is 0 Å². The van der Waals surface area contributed by atoms with Crippen LogP contribution in [0.25, 0.3) is 0 Å². The highest BCUT2D eigenvalue weighted by atomic mass is 14.8. The van der Waals surface area contributed by atoms with Crippen molar-refractivity contribution in [2.75, 3.05) is 0 Å². The first-order chi connectivity index (χ1) is 7.77. The van der Waals surface area contributed by atoms with Crippen molar-refractivity contribution >= 4 is 11.4 Å². The first-order valence-electron chi connectivity index (χ1n) is 6.38. The van der Waals surface area contributed by atoms with Gasteiger partial charge >= 0.3 is 0 Å². The first-order valence-corrected chi connectivity index (χ1v) is 6.38. The standard InChI is InChI=1S/C15H21N/c1-12-8-6-7-11-15(12)16-13(2)14-9-4-3-5-10-14/h6-8,11,14H,3-5,9-10H2,1-2H3. The zero-order valence-electron chi connectivity index (χ0n) is 10.4. The molecule has 2 rings (SSSR count). The van der Waals surface area contributed by atoms with E-state index >= 15 is 0 Å². The van der Waals surface area contributed by atoms with Crippen LogP contribution < -0.4 is 0 Å². The Balaban J connectivity index is 2.13. The molecule has 1 aliphatic carbocycles. The molecule has 0 bridgehead atoms. The van der Waals surface area contributed by atoms with Crippen LogP contribution in [-0.4, -0.2) is 5.71 Å². The summed E-state index contributed by atoms with van der Waals surface area (Å²) in [5.41, 5.74) is 3.75. The monoisotopic (exact) mass is 215 g/mol. The van der Waals surface area contributed by atoms with Crippen molar-refractivity contribution in [3.05, 3.63) is 29.8 Å². The van der Waals surface area contributed by atoms with Crippen molar-refractivity contribution in [1.29, 1.82) is 0 Å². The van der Waals surface area contributed by atoms with Crippen LogP contribution in [-0.2, 0) is 0 Å². The van der Waals surface area contributed by atoms with Crippen LogP contribution in [0.3, 0.4) is 0 Å². The van der Waals surface area contributed by atoms with E-state index in [1.165, 1.54) is 43.4 Å². The molecule has 1 aromatic carbocycles. The third kappa shape index (κ3) is 2.72. The Hall–Kier alpha value is -1.11. The Morgan fingerprint density at radius 1 is 1.12 bits per heavy atom. The molecule has 0 aliphatic heterocycles. The number of benzene rings is 1. The fraction of sp³-hybridized carbons (Fsp3) is 0.533. The van der Waals surface area contributed by atoms with Gasteiger partial charge in [0.1, 0.15) is 0 Å². The van der Waals surface area contributed by atoms with E-state index in [1.54, 1.807) is 0 Å². The average Bonchev–Trinajstić information content (AvgIpc) is 2.33. The summed E-state index contributed by atoms with van der Waals surface area (Å²) in [5, 5.41) is 0. The van der Waals surface area contributed by atoms with Gasteiger partial charge in [-0.25, -0.2) is 0 Å². The molecular formula is C15H21N. The number of hydrogen-bond acceptors (Lipinski definition) is 1. The summed E-state index contributed by atoms with van der Waals surface area (Å²) in [4.78, 5) is 4.80. The maximum Gasteiger partial charge on any atom is 0.0658 e. The zero-order chi connectivity index (χ0) is 11.4. The lowest BCUT2D eigenvalue weighted by molar-refractivity contribution is 0.438. The summed E-state index contributed by atoms with van der Waals surface area (Å²) in [6.07, 6.45) is 6.84. The van der Waals surface area contributed by atoms with Gasteiger partial charge in [0.15, 0.2) is 0 Å². The van der Waals surface area contributed by atoms with Gasteiger partial charge in [0.05, 0.1) is 5.69 Å². The summed E-state index contributed by atoms with van der Waals surface area (Å²) in [6, 6.07) is 8.39. The second-order valence-corrected chi connectivity index (χ2v) is 4.87. The van der Waals surface area contributed by atoms with Gasteiger partial charge in [-0.2, -0.15) is 0 Å². The molecule has 0 saturated heterocycles. The third-order valence-corrected chi connectivity index (χ3v) is 3.61. The number of rotatable bonds is 2. The summed E-state index contributed by atoms with van der Waals surface area (Å²) < 4.78 is 0. The molecule has 0 amide bonds. The number of aliphatic imine (C=N–C) groups is 1. The highest BCUT2D eigenvalue weighted by Gasteiger charge is 2.16. The van der Waals surface area contributed by atoms with Crippen LogP contribution in [0, 0.1) is 12.8 Å². The zero-order valence-corrected chi connectivity index (χ0v) is 10.4. The molecule has 86 valence electrons. The van der Waals surface area contributed by atoms with Crippen LogP contribution in [0.5, 0.6) is 0 Å². The maximum absolute atomic E-state index is 4.80. The summed E-state index contributed by atoms with van der Waals surface area (Å²) in [6.45, 7) is 4.33. The fourth-order valence-electron chi connectivity index (χ4n) is 2.49. The second kappa shape index (κ2) is 5.29. The molecule has 0 aromatic heterocycles. The highest BCUT2D eigenvalue weighted by Crippen LogP contribution is 2.27. The molecule has 1 saturated carbocycles. The van der Waals surface area contributed by atoms with Gasteiger partial charge in [0.25, 0.3) is 0 Å². The Kier molecular flexibility index (Phi) is 3.76. The minimum absolute atomic E-state index is 0.730. The van der Waals surface area contributed by atoms with Crippen molar-refractivity contribution in [2.45, 2.75) is 46.0 Å². The number of nitrogens with zero attached hydrogens (tertiary/aromatic N) is 1. The van der Waals surface area contributed by atoms with Crippen molar-refractivity contribution in [2.24, 2.45) is 10.9 Å². The van der Waals surface area contributed by atoms with Gasteiger partial charge in [-0.15, -0.1) is 0 Å². The van der Waals surface area contributed by atoms with E-state index in [1.807, 2.05) is 0 Å². The predicted octanol–water partition coefficient (Wildman–Crippen LogP) is 4.67. The molecule has 0 spiro atoms. The van der Waals surface area contributed by atoms with Gasteiger partial charge in [0.2, 0.25) is 0 Å². The SMILES string of the molecule is CC(=Nc1ccccc1C)C1CCCCC1. The van der Waals surface area contributed by atoms with E-state index in [9.17, 15) is 0 Å². The Morgan fingerprint density at radius 3 is 2.50 bits per heavy atom. The van der Waals surface area contributed by atoms with Crippen LogP contribution in [0.1, 0.15) is 44.6 Å². The van der Waals surface area contributed by atoms with Gasteiger partial charge in [-0.1, -0.05) is 37.5 Å². The van der Waals surface area contributed by atoms with Crippen molar-refractivity contribution in [1.82, 2.24) is 0 Å². The summed E-state index contributed by atoms with van der Waals surface area (Å²) in [7, 11) is 0. The highest BCUT2D eigenvalue weighted by molar-refractivity contribution is 5.87. The smallest absolute Gasteiger partial charge is 0.0658 e. The second-order valence-electron chi connectivity index (χ2n) is 4.87. The van der Waals surface area contributed by atoms with Crippen LogP contribution >= 0.6 is 0 Å². The summed E-state index contributed by atoms with van der Waals surface area (Å²) >= 11 is 0. The molecule has 16 heavy (non-hydrogen) atoms. The molecule has 1 heteroatoms. The minimum Gasteiger partial charge on any atom is -0.258 e. The molecule has 1 aromatic rings. The van der Waals surface area contributed by atoms with Crippen molar-refractivity contribution < 1.29 is 0 Å². The Bertz CT molecular complexity index is 373. The molecule has 1 nitrogen and oxygen atoms in total. The number of aryl methyl sites for hydroxylation is 1. The van der Waals surface area contributed by atoms with E-state index in [0.29, 0.717) is 0 Å². The largest absolute Gasteiger partial charge is 0.258 e. The van der Waals surface area contributed by atoms with Crippen molar-refractivity contribution in [3.8, 4) is 0 Å². The molecule has 0 heterocycles. The lowest BCUT2D eigenvalue weighted by Gasteiger charge is -2.21. The van der Waals surface area contributed by atoms with Crippen molar-refractivity contribution in [3.63, 3.8) is 0 Å². The van der Waals surface area contributed by atoms with Gasteiger partial charge in [-0.3, -0.25) is 4.99 Å². The third-order valence-electron chi connectivity index (χ3n) is 3.61. The fourth-order valence-corrected chi connectivity index (χ4v) is 2.49. The molecule has 0 radical (unpaired) electrons. The molecule has 1 fully saturated rings. The van der Waals surface area contributed by atoms with Crippen LogP contribution in [0.4, 0.5) is 5.69 Å². The number of para-hydroxylation sites is 1. The van der Waals surface area contributed by atoms with E-state index in [-0.39, 0.29) is 0 Å². The molecule has 0 atom stereocenters. The average molecular weight is 215 g/mol. The molecule has 0 unspecified atom stereocenters. The van der Waals surface area contributed by atoms with Crippen LogP contribution in [0.15, 0.2) is 29.3 Å². The lowest BCUT2D eigenvalue weighted by atomic mass is 9.86. The minimum atomic E-state index is 0.730. The molecular weight excluding hydrogens is 194 g/mol. The predicted molar refractivity (Wildman–Crippen MR) is 70.5 cm³/mol. The van der Waals surface area contributed by atoms with E-state index < -0.39 is 0 Å². The Labute approximate surface area is 98.6 Å². The normalized spacial score (nSPS) is 18.8.